The van der Waals surface area contributed by atoms with E-state index in [9.17, 15) is 4.79 Å². The Bertz CT molecular complexity index is 721. The van der Waals surface area contributed by atoms with Gasteiger partial charge in [0.2, 0.25) is 0 Å². The molecule has 3 atom stereocenters. The molecule has 2 aromatic carbocycles. The highest BCUT2D eigenvalue weighted by atomic mass is 35.5. The van der Waals surface area contributed by atoms with Crippen LogP contribution in [0.1, 0.15) is 22.8 Å². The predicted molar refractivity (Wildman–Crippen MR) is 105 cm³/mol. The normalized spacial score (nSPS) is 22.0. The van der Waals surface area contributed by atoms with E-state index in [2.05, 4.69) is 29.4 Å². The van der Waals surface area contributed by atoms with Gasteiger partial charge in [-0.25, -0.2) is 4.79 Å². The van der Waals surface area contributed by atoms with E-state index in [0.717, 1.165) is 24.5 Å². The van der Waals surface area contributed by atoms with E-state index < -0.39 is 0 Å². The number of halogens is 1. The molecule has 4 nitrogen and oxygen atoms in total. The number of piperazine rings is 1. The Labute approximate surface area is 160 Å². The zero-order valence-corrected chi connectivity index (χ0v) is 15.9. The first-order valence-electron chi connectivity index (χ1n) is 8.97. The van der Waals surface area contributed by atoms with Gasteiger partial charge in [0.25, 0.3) is 0 Å². The fourth-order valence-corrected chi connectivity index (χ4v) is 3.57. The number of carbonyl (C=O) groups excluding carboxylic acids is 1. The Balaban J connectivity index is 1.53. The lowest BCUT2D eigenvalue weighted by Crippen LogP contribution is -2.59. The maximum atomic E-state index is 12.3. The monoisotopic (exact) mass is 372 g/mol. The van der Waals surface area contributed by atoms with Crippen LogP contribution in [0.3, 0.4) is 0 Å². The number of esters is 1. The second-order valence-electron chi connectivity index (χ2n) is 6.92. The third-order valence-electron chi connectivity index (χ3n) is 4.93. The van der Waals surface area contributed by atoms with Crippen LogP contribution in [-0.4, -0.2) is 49.2 Å². The number of nitrogens with zero attached hydrogens (tertiary/aromatic N) is 1. The molecule has 1 saturated heterocycles. The van der Waals surface area contributed by atoms with Crippen molar-refractivity contribution in [3.05, 3.63) is 70.7 Å². The van der Waals surface area contributed by atoms with Gasteiger partial charge in [0.1, 0.15) is 6.10 Å². The van der Waals surface area contributed by atoms with Gasteiger partial charge < -0.3 is 10.1 Å². The average molecular weight is 373 g/mol. The SMILES string of the molecule is C[C@@H](OC(=O)c1ccccc1)[C@H]1CN[C@@H](Cc2ccc(Cl)cc2)CN1C. The van der Waals surface area contributed by atoms with Gasteiger partial charge in [-0.15, -0.1) is 0 Å². The van der Waals surface area contributed by atoms with Crippen LogP contribution in [0.15, 0.2) is 54.6 Å². The lowest BCUT2D eigenvalue weighted by molar-refractivity contribution is 0.000324. The maximum absolute atomic E-state index is 12.3. The first kappa shape index (κ1) is 18.9. The molecule has 1 aliphatic heterocycles. The van der Waals surface area contributed by atoms with Gasteiger partial charge in [-0.1, -0.05) is 41.9 Å². The van der Waals surface area contributed by atoms with E-state index in [0.29, 0.717) is 11.6 Å². The molecular formula is C21H25ClN2O2. The molecule has 0 spiro atoms. The van der Waals surface area contributed by atoms with Crippen molar-refractivity contribution in [2.45, 2.75) is 31.5 Å². The summed E-state index contributed by atoms with van der Waals surface area (Å²) in [5, 5.41) is 4.35. The smallest absolute Gasteiger partial charge is 0.338 e. The zero-order valence-electron chi connectivity index (χ0n) is 15.2. The molecule has 5 heteroatoms. The van der Waals surface area contributed by atoms with Crippen molar-refractivity contribution in [2.75, 3.05) is 20.1 Å². The third kappa shape index (κ3) is 4.85. The Morgan fingerprint density at radius 2 is 1.92 bits per heavy atom. The number of rotatable bonds is 5. The summed E-state index contributed by atoms with van der Waals surface area (Å²) in [6.07, 6.45) is 0.767. The fourth-order valence-electron chi connectivity index (χ4n) is 3.45. The predicted octanol–water partition coefficient (Wildman–Crippen LogP) is 3.40. The summed E-state index contributed by atoms with van der Waals surface area (Å²) in [5.74, 6) is -0.269. The van der Waals surface area contributed by atoms with Crippen LogP contribution in [0.5, 0.6) is 0 Å². The standard InChI is InChI=1S/C21H25ClN2O2/c1-15(26-21(25)17-6-4-3-5-7-17)20-13-23-19(14-24(20)2)12-16-8-10-18(22)11-9-16/h3-11,15,19-20,23H,12-14H2,1-2H3/t15-,19+,20-/m1/s1. The molecular weight excluding hydrogens is 348 g/mol. The highest BCUT2D eigenvalue weighted by molar-refractivity contribution is 6.30. The van der Waals surface area contributed by atoms with E-state index in [1.807, 2.05) is 37.3 Å². The maximum Gasteiger partial charge on any atom is 0.338 e. The molecule has 2 aromatic rings. The number of benzene rings is 2. The quantitative estimate of drug-likeness (QED) is 0.817. The Morgan fingerprint density at radius 1 is 1.23 bits per heavy atom. The van der Waals surface area contributed by atoms with Crippen LogP contribution < -0.4 is 5.32 Å². The van der Waals surface area contributed by atoms with Crippen molar-refractivity contribution in [1.82, 2.24) is 10.2 Å². The summed E-state index contributed by atoms with van der Waals surface area (Å²) >= 11 is 5.95. The number of ether oxygens (including phenoxy) is 1. The average Bonchev–Trinajstić information content (AvgIpc) is 2.64. The molecule has 0 bridgehead atoms. The summed E-state index contributed by atoms with van der Waals surface area (Å²) < 4.78 is 5.68. The summed E-state index contributed by atoms with van der Waals surface area (Å²) in [4.78, 5) is 14.5. The Hall–Kier alpha value is -1.88. The van der Waals surface area contributed by atoms with E-state index >= 15 is 0 Å². The fraction of sp³-hybridized carbons (Fsp3) is 0.381. The molecule has 0 radical (unpaired) electrons. The number of likely N-dealkylation sites (N-methyl/N-ethyl adjacent to an activating group) is 1. The molecule has 0 aromatic heterocycles. The van der Waals surface area contributed by atoms with Crippen LogP contribution in [0, 0.1) is 0 Å². The van der Waals surface area contributed by atoms with Crippen molar-refractivity contribution in [3.63, 3.8) is 0 Å². The number of carbonyl (C=O) groups is 1. The van der Waals surface area contributed by atoms with Gasteiger partial charge in [0.05, 0.1) is 11.6 Å². The van der Waals surface area contributed by atoms with E-state index in [-0.39, 0.29) is 18.1 Å². The van der Waals surface area contributed by atoms with E-state index in [4.69, 9.17) is 16.3 Å². The Kier molecular flexibility index (Phi) is 6.30. The molecule has 1 N–H and O–H groups in total. The van der Waals surface area contributed by atoms with Gasteiger partial charge in [-0.05, 0) is 50.2 Å². The molecule has 26 heavy (non-hydrogen) atoms. The minimum atomic E-state index is -0.269. The van der Waals surface area contributed by atoms with Crippen molar-refractivity contribution in [1.29, 1.82) is 0 Å². The molecule has 0 aliphatic carbocycles. The minimum absolute atomic E-state index is 0.157. The number of nitrogens with one attached hydrogen (secondary N) is 1. The molecule has 1 heterocycles. The number of hydrogen-bond donors (Lipinski definition) is 1. The van der Waals surface area contributed by atoms with Crippen LogP contribution in [-0.2, 0) is 11.2 Å². The van der Waals surface area contributed by atoms with Gasteiger partial charge in [0, 0.05) is 24.2 Å². The van der Waals surface area contributed by atoms with Crippen LogP contribution >= 0.6 is 11.6 Å². The Morgan fingerprint density at radius 3 is 2.58 bits per heavy atom. The molecule has 1 fully saturated rings. The van der Waals surface area contributed by atoms with Crippen molar-refractivity contribution < 1.29 is 9.53 Å². The summed E-state index contributed by atoms with van der Waals surface area (Å²) in [6, 6.07) is 17.7. The molecule has 3 rings (SSSR count). The van der Waals surface area contributed by atoms with Crippen molar-refractivity contribution in [3.8, 4) is 0 Å². The summed E-state index contributed by atoms with van der Waals surface area (Å²) in [6.45, 7) is 3.65. The first-order valence-corrected chi connectivity index (χ1v) is 9.35. The topological polar surface area (TPSA) is 41.6 Å². The molecule has 0 amide bonds. The third-order valence-corrected chi connectivity index (χ3v) is 5.18. The minimum Gasteiger partial charge on any atom is -0.457 e. The largest absolute Gasteiger partial charge is 0.457 e. The summed E-state index contributed by atoms with van der Waals surface area (Å²) in [7, 11) is 2.09. The van der Waals surface area contributed by atoms with Crippen molar-refractivity contribution >= 4 is 17.6 Å². The second-order valence-corrected chi connectivity index (χ2v) is 7.36. The van der Waals surface area contributed by atoms with Gasteiger partial charge in [-0.3, -0.25) is 4.90 Å². The first-order chi connectivity index (χ1) is 12.5. The second kappa shape index (κ2) is 8.67. The lowest BCUT2D eigenvalue weighted by atomic mass is 10.00. The van der Waals surface area contributed by atoms with Gasteiger partial charge in [0.15, 0.2) is 0 Å². The molecule has 138 valence electrons. The van der Waals surface area contributed by atoms with Crippen molar-refractivity contribution in [2.24, 2.45) is 0 Å². The van der Waals surface area contributed by atoms with Gasteiger partial charge in [-0.2, -0.15) is 0 Å². The summed E-state index contributed by atoms with van der Waals surface area (Å²) in [5.41, 5.74) is 1.86. The number of hydrogen-bond acceptors (Lipinski definition) is 4. The van der Waals surface area contributed by atoms with Crippen LogP contribution in [0.2, 0.25) is 5.02 Å². The lowest BCUT2D eigenvalue weighted by Gasteiger charge is -2.40. The molecule has 1 aliphatic rings. The van der Waals surface area contributed by atoms with Gasteiger partial charge >= 0.3 is 5.97 Å². The van der Waals surface area contributed by atoms with Crippen LogP contribution in [0.4, 0.5) is 0 Å². The molecule has 0 saturated carbocycles. The van der Waals surface area contributed by atoms with E-state index in [1.54, 1.807) is 12.1 Å². The zero-order chi connectivity index (χ0) is 18.5. The van der Waals surface area contributed by atoms with Crippen LogP contribution in [0.25, 0.3) is 0 Å². The highest BCUT2D eigenvalue weighted by Crippen LogP contribution is 2.17. The molecule has 0 unspecified atom stereocenters. The highest BCUT2D eigenvalue weighted by Gasteiger charge is 2.31. The van der Waals surface area contributed by atoms with E-state index in [1.165, 1.54) is 5.56 Å².